The van der Waals surface area contributed by atoms with Gasteiger partial charge in [-0.2, -0.15) is 0 Å². The third-order valence-electron chi connectivity index (χ3n) is 3.71. The van der Waals surface area contributed by atoms with E-state index in [9.17, 15) is 4.79 Å². The molecule has 0 aliphatic heterocycles. The van der Waals surface area contributed by atoms with Gasteiger partial charge >= 0.3 is 0 Å². The molecule has 2 rings (SSSR count). The number of imidazole rings is 1. The number of hydrogen-bond acceptors (Lipinski definition) is 3. The number of para-hydroxylation sites is 2. The second kappa shape index (κ2) is 7.94. The molecule has 5 nitrogen and oxygen atoms in total. The zero-order chi connectivity index (χ0) is 15.9. The summed E-state index contributed by atoms with van der Waals surface area (Å²) in [4.78, 5) is 16.5. The summed E-state index contributed by atoms with van der Waals surface area (Å²) in [6.07, 6.45) is 3.49. The minimum Gasteiger partial charge on any atom is -0.375 e. The summed E-state index contributed by atoms with van der Waals surface area (Å²) in [6.45, 7) is 5.15. The van der Waals surface area contributed by atoms with Crippen LogP contribution in [0.2, 0.25) is 0 Å². The van der Waals surface area contributed by atoms with Gasteiger partial charge in [0.05, 0.1) is 17.1 Å². The van der Waals surface area contributed by atoms with E-state index in [1.807, 2.05) is 25.1 Å². The number of amides is 1. The summed E-state index contributed by atoms with van der Waals surface area (Å²) in [6, 6.07) is 7.97. The van der Waals surface area contributed by atoms with E-state index in [0.717, 1.165) is 29.8 Å². The number of nitrogens with one attached hydrogen (secondary N) is 1. The van der Waals surface area contributed by atoms with Crippen molar-refractivity contribution >= 4 is 16.9 Å². The van der Waals surface area contributed by atoms with Gasteiger partial charge in [-0.25, -0.2) is 4.98 Å². The average Bonchev–Trinajstić information content (AvgIpc) is 2.87. The van der Waals surface area contributed by atoms with E-state index in [-0.39, 0.29) is 18.6 Å². The Morgan fingerprint density at radius 2 is 2.14 bits per heavy atom. The molecule has 0 radical (unpaired) electrons. The lowest BCUT2D eigenvalue weighted by Crippen LogP contribution is -2.31. The molecule has 2 aromatic rings. The van der Waals surface area contributed by atoms with Crippen molar-refractivity contribution in [2.45, 2.75) is 45.7 Å². The molecule has 0 spiro atoms. The van der Waals surface area contributed by atoms with Crippen molar-refractivity contribution in [1.82, 2.24) is 14.9 Å². The van der Waals surface area contributed by atoms with Crippen LogP contribution < -0.4 is 5.32 Å². The smallest absolute Gasteiger partial charge is 0.246 e. The maximum atomic E-state index is 11.7. The van der Waals surface area contributed by atoms with Crippen molar-refractivity contribution in [3.05, 3.63) is 30.1 Å². The highest BCUT2D eigenvalue weighted by molar-refractivity contribution is 5.78. The molecule has 0 bridgehead atoms. The Kier molecular flexibility index (Phi) is 5.95. The van der Waals surface area contributed by atoms with Crippen LogP contribution in [0.1, 0.15) is 45.0 Å². The Labute approximate surface area is 131 Å². The highest BCUT2D eigenvalue weighted by Crippen LogP contribution is 2.21. The number of nitrogens with zero attached hydrogens (tertiary/aromatic N) is 2. The summed E-state index contributed by atoms with van der Waals surface area (Å²) in [5.74, 6) is 0.781. The number of hydrogen-bond donors (Lipinski definition) is 1. The van der Waals surface area contributed by atoms with Gasteiger partial charge in [-0.15, -0.1) is 0 Å². The number of rotatable bonds is 8. The minimum atomic E-state index is -0.142. The largest absolute Gasteiger partial charge is 0.375 e. The fourth-order valence-corrected chi connectivity index (χ4v) is 2.66. The highest BCUT2D eigenvalue weighted by Gasteiger charge is 2.17. The van der Waals surface area contributed by atoms with Crippen LogP contribution in [-0.4, -0.2) is 29.2 Å². The van der Waals surface area contributed by atoms with Crippen molar-refractivity contribution in [1.29, 1.82) is 0 Å². The van der Waals surface area contributed by atoms with Crippen molar-refractivity contribution in [2.75, 3.05) is 13.7 Å². The molecule has 0 unspecified atom stereocenters. The second-order valence-corrected chi connectivity index (χ2v) is 5.54. The average molecular weight is 303 g/mol. The van der Waals surface area contributed by atoms with E-state index in [0.29, 0.717) is 0 Å². The zero-order valence-corrected chi connectivity index (χ0v) is 13.6. The Morgan fingerprint density at radius 3 is 2.86 bits per heavy atom. The summed E-state index contributed by atoms with van der Waals surface area (Å²) >= 11 is 0. The number of ether oxygens (including phenoxy) is 1. The first-order chi connectivity index (χ1) is 10.7. The lowest BCUT2D eigenvalue weighted by Gasteiger charge is -2.16. The van der Waals surface area contributed by atoms with Gasteiger partial charge in [-0.3, -0.25) is 4.79 Å². The predicted octanol–water partition coefficient (Wildman–Crippen LogP) is 3.05. The van der Waals surface area contributed by atoms with Crippen LogP contribution in [0, 0.1) is 0 Å². The van der Waals surface area contributed by atoms with Crippen molar-refractivity contribution in [3.8, 4) is 0 Å². The second-order valence-electron chi connectivity index (χ2n) is 5.54. The van der Waals surface area contributed by atoms with Crippen molar-refractivity contribution in [2.24, 2.45) is 0 Å². The minimum absolute atomic E-state index is 0.0698. The Balaban J connectivity index is 2.26. The van der Waals surface area contributed by atoms with Gasteiger partial charge in [0.2, 0.25) is 5.91 Å². The van der Waals surface area contributed by atoms with Crippen LogP contribution in [-0.2, 0) is 16.1 Å². The first kappa shape index (κ1) is 16.5. The van der Waals surface area contributed by atoms with Crippen LogP contribution in [0.5, 0.6) is 0 Å². The van der Waals surface area contributed by atoms with Crippen LogP contribution in [0.3, 0.4) is 0 Å². The van der Waals surface area contributed by atoms with E-state index in [1.165, 1.54) is 20.0 Å². The Hall–Kier alpha value is -1.88. The predicted molar refractivity (Wildman–Crippen MR) is 87.7 cm³/mol. The van der Waals surface area contributed by atoms with Crippen LogP contribution in [0.4, 0.5) is 0 Å². The molecule has 0 saturated carbocycles. The maximum absolute atomic E-state index is 11.7. The van der Waals surface area contributed by atoms with E-state index < -0.39 is 0 Å². The fraction of sp³-hybridized carbons (Fsp3) is 0.529. The lowest BCUT2D eigenvalue weighted by molar-refractivity contribution is -0.125. The number of carbonyl (C=O) groups is 1. The molecule has 5 heteroatoms. The van der Waals surface area contributed by atoms with Gasteiger partial charge in [0.1, 0.15) is 12.4 Å². The number of aryl methyl sites for hydroxylation is 1. The van der Waals surface area contributed by atoms with Gasteiger partial charge in [0, 0.05) is 13.7 Å². The monoisotopic (exact) mass is 303 g/mol. The molecule has 1 aromatic heterocycles. The number of benzene rings is 1. The molecule has 1 atom stereocenters. The van der Waals surface area contributed by atoms with E-state index in [2.05, 4.69) is 22.9 Å². The maximum Gasteiger partial charge on any atom is 0.246 e. The van der Waals surface area contributed by atoms with Gasteiger partial charge in [0.15, 0.2) is 0 Å². The Morgan fingerprint density at radius 1 is 1.36 bits per heavy atom. The standard InChI is InChI=1S/C17H25N3O2/c1-4-5-8-11-20-15-10-7-6-9-14(15)19-17(20)13(2)18-16(21)12-22-3/h6-7,9-10,13H,4-5,8,11-12H2,1-3H3,(H,18,21)/t13-/m1/s1. The van der Waals surface area contributed by atoms with Crippen molar-refractivity contribution < 1.29 is 9.53 Å². The van der Waals surface area contributed by atoms with Crippen molar-refractivity contribution in [3.63, 3.8) is 0 Å². The molecule has 0 aliphatic carbocycles. The highest BCUT2D eigenvalue weighted by atomic mass is 16.5. The molecule has 0 fully saturated rings. The molecular formula is C17H25N3O2. The quantitative estimate of drug-likeness (QED) is 0.763. The van der Waals surface area contributed by atoms with Gasteiger partial charge in [0.25, 0.3) is 0 Å². The first-order valence-electron chi connectivity index (χ1n) is 7.90. The molecule has 1 heterocycles. The first-order valence-corrected chi connectivity index (χ1v) is 7.90. The summed E-state index contributed by atoms with van der Waals surface area (Å²) in [5, 5.41) is 2.94. The molecule has 1 amide bonds. The zero-order valence-electron chi connectivity index (χ0n) is 13.6. The molecule has 22 heavy (non-hydrogen) atoms. The van der Waals surface area contributed by atoms with Gasteiger partial charge in [-0.05, 0) is 25.5 Å². The topological polar surface area (TPSA) is 56.2 Å². The van der Waals surface area contributed by atoms with Gasteiger partial charge in [-0.1, -0.05) is 31.9 Å². The van der Waals surface area contributed by atoms with Crippen LogP contribution in [0.15, 0.2) is 24.3 Å². The van der Waals surface area contributed by atoms with Crippen LogP contribution >= 0.6 is 0 Å². The van der Waals surface area contributed by atoms with E-state index in [1.54, 1.807) is 0 Å². The molecule has 0 aliphatic rings. The summed E-state index contributed by atoms with van der Waals surface area (Å²) < 4.78 is 7.09. The third-order valence-corrected chi connectivity index (χ3v) is 3.71. The molecular weight excluding hydrogens is 278 g/mol. The van der Waals surface area contributed by atoms with Gasteiger partial charge < -0.3 is 14.6 Å². The Bertz CT molecular complexity index is 621. The molecule has 0 saturated heterocycles. The fourth-order valence-electron chi connectivity index (χ4n) is 2.66. The normalized spacial score (nSPS) is 12.5. The lowest BCUT2D eigenvalue weighted by atomic mass is 10.2. The third kappa shape index (κ3) is 3.85. The molecule has 1 aromatic carbocycles. The number of carbonyl (C=O) groups excluding carboxylic acids is 1. The number of unbranched alkanes of at least 4 members (excludes halogenated alkanes) is 2. The summed E-state index contributed by atoms with van der Waals surface area (Å²) in [5.41, 5.74) is 2.10. The molecule has 1 N–H and O–H groups in total. The number of fused-ring (bicyclic) bond motifs is 1. The summed E-state index contributed by atoms with van der Waals surface area (Å²) in [7, 11) is 1.52. The van der Waals surface area contributed by atoms with Crippen LogP contribution in [0.25, 0.3) is 11.0 Å². The SMILES string of the molecule is CCCCCn1c([C@@H](C)NC(=O)COC)nc2ccccc21. The van der Waals surface area contributed by atoms with E-state index >= 15 is 0 Å². The number of aromatic nitrogens is 2. The number of methoxy groups -OCH3 is 1. The van der Waals surface area contributed by atoms with E-state index in [4.69, 9.17) is 9.72 Å². The molecule has 120 valence electrons.